The molecule has 34 heavy (non-hydrogen) atoms. The van der Waals surface area contributed by atoms with Crippen molar-refractivity contribution < 1.29 is 42.7 Å². The van der Waals surface area contributed by atoms with E-state index in [2.05, 4.69) is 10.0 Å². The van der Waals surface area contributed by atoms with Gasteiger partial charge in [-0.05, 0) is 29.8 Å². The number of nitrogens with zero attached hydrogens (tertiary/aromatic N) is 3. The molecular weight excluding hydrogens is 450 g/mol. The van der Waals surface area contributed by atoms with E-state index in [1.54, 1.807) is 24.3 Å². The summed E-state index contributed by atoms with van der Waals surface area (Å²) in [6, 6.07) is 6.29. The highest BCUT2D eigenvalue weighted by Crippen LogP contribution is 2.11. The number of rotatable bonds is 23. The van der Waals surface area contributed by atoms with Gasteiger partial charge in [0, 0.05) is 17.0 Å². The van der Waals surface area contributed by atoms with Crippen LogP contribution < -0.4 is 4.74 Å². The third kappa shape index (κ3) is 17.9. The van der Waals surface area contributed by atoms with Gasteiger partial charge >= 0.3 is 5.97 Å². The number of aldehydes is 1. The van der Waals surface area contributed by atoms with Gasteiger partial charge in [0.25, 0.3) is 0 Å². The number of azide groups is 1. The van der Waals surface area contributed by atoms with Crippen molar-refractivity contribution in [1.82, 2.24) is 0 Å². The molecule has 0 bridgehead atoms. The lowest BCUT2D eigenvalue weighted by atomic mass is 10.2. The zero-order chi connectivity index (χ0) is 24.5. The Morgan fingerprint density at radius 1 is 0.735 bits per heavy atom. The van der Waals surface area contributed by atoms with Crippen LogP contribution in [0.25, 0.3) is 10.4 Å². The Morgan fingerprint density at radius 2 is 1.18 bits per heavy atom. The lowest BCUT2D eigenvalue weighted by molar-refractivity contribution is -0.135. The van der Waals surface area contributed by atoms with Crippen molar-refractivity contribution in [2.24, 2.45) is 5.11 Å². The minimum Gasteiger partial charge on any atom is -0.426 e. The summed E-state index contributed by atoms with van der Waals surface area (Å²) >= 11 is 0. The molecule has 1 aromatic rings. The first-order chi connectivity index (χ1) is 16.8. The highest BCUT2D eigenvalue weighted by molar-refractivity contribution is 5.76. The number of carbonyl (C=O) groups is 2. The van der Waals surface area contributed by atoms with Crippen molar-refractivity contribution in [2.45, 2.75) is 6.42 Å². The minimum atomic E-state index is -0.408. The quantitative estimate of drug-likeness (QED) is 0.0434. The molecule has 0 amide bonds. The molecule has 12 heteroatoms. The van der Waals surface area contributed by atoms with Crippen molar-refractivity contribution in [3.05, 3.63) is 40.3 Å². The monoisotopic (exact) mass is 483 g/mol. The molecule has 0 saturated heterocycles. The highest BCUT2D eigenvalue weighted by Gasteiger charge is 2.05. The molecule has 0 spiro atoms. The normalized spacial score (nSPS) is 10.6. The van der Waals surface area contributed by atoms with Crippen LogP contribution in [0.3, 0.4) is 0 Å². The first-order valence-corrected chi connectivity index (χ1v) is 11.0. The Balaban J connectivity index is 1.76. The van der Waals surface area contributed by atoms with Crippen LogP contribution in [0.5, 0.6) is 5.75 Å². The molecule has 0 unspecified atom stereocenters. The maximum atomic E-state index is 11.7. The summed E-state index contributed by atoms with van der Waals surface area (Å²) in [6.07, 6.45) is 0.844. The predicted octanol–water partition coefficient (Wildman–Crippen LogP) is 2.20. The summed E-state index contributed by atoms with van der Waals surface area (Å²) in [4.78, 5) is 24.9. The van der Waals surface area contributed by atoms with Crippen LogP contribution in [-0.4, -0.2) is 98.1 Å². The van der Waals surface area contributed by atoms with Crippen LogP contribution in [-0.2, 0) is 33.2 Å². The van der Waals surface area contributed by atoms with Gasteiger partial charge in [-0.1, -0.05) is 5.11 Å². The van der Waals surface area contributed by atoms with E-state index in [0.717, 1.165) is 6.29 Å². The van der Waals surface area contributed by atoms with Crippen LogP contribution in [0.15, 0.2) is 29.4 Å². The summed E-state index contributed by atoms with van der Waals surface area (Å²) in [7, 11) is 0. The Morgan fingerprint density at radius 3 is 1.62 bits per heavy atom. The Bertz CT molecular complexity index is 697. The second-order valence-corrected chi connectivity index (χ2v) is 6.54. The van der Waals surface area contributed by atoms with E-state index < -0.39 is 5.97 Å². The summed E-state index contributed by atoms with van der Waals surface area (Å²) < 4.78 is 37.1. The maximum absolute atomic E-state index is 11.7. The van der Waals surface area contributed by atoms with E-state index in [9.17, 15) is 9.59 Å². The number of hydrogen-bond donors (Lipinski definition) is 0. The average molecular weight is 484 g/mol. The van der Waals surface area contributed by atoms with Crippen molar-refractivity contribution in [1.29, 1.82) is 0 Å². The number of carbonyl (C=O) groups excluding carboxylic acids is 2. The van der Waals surface area contributed by atoms with Crippen LogP contribution in [0.2, 0.25) is 0 Å². The van der Waals surface area contributed by atoms with Gasteiger partial charge in [0.15, 0.2) is 0 Å². The fourth-order valence-electron chi connectivity index (χ4n) is 2.30. The summed E-state index contributed by atoms with van der Waals surface area (Å²) in [5, 5.41) is 3.35. The lowest BCUT2D eigenvalue weighted by Gasteiger charge is -2.08. The first kappa shape index (κ1) is 29.5. The van der Waals surface area contributed by atoms with Crippen LogP contribution >= 0.6 is 0 Å². The number of hydrogen-bond acceptors (Lipinski definition) is 10. The SMILES string of the molecule is [N-]=[N+]=NCCOCCOCCOCCOCCOCCOCCC(=O)Oc1ccc(C=O)cc1. The number of esters is 1. The third-order valence-corrected chi connectivity index (χ3v) is 3.96. The molecule has 0 heterocycles. The second-order valence-electron chi connectivity index (χ2n) is 6.54. The topological polar surface area (TPSA) is 148 Å². The van der Waals surface area contributed by atoms with Gasteiger partial charge in [0.2, 0.25) is 0 Å². The molecule has 0 fully saturated rings. The summed E-state index contributed by atoms with van der Waals surface area (Å²) in [5.41, 5.74) is 8.62. The molecule has 1 rings (SSSR count). The van der Waals surface area contributed by atoms with Crippen molar-refractivity contribution in [3.8, 4) is 5.75 Å². The molecule has 0 N–H and O–H groups in total. The fourth-order valence-corrected chi connectivity index (χ4v) is 2.30. The third-order valence-electron chi connectivity index (χ3n) is 3.96. The van der Waals surface area contributed by atoms with Gasteiger partial charge in [-0.2, -0.15) is 0 Å². The maximum Gasteiger partial charge on any atom is 0.313 e. The molecular formula is C22H33N3O9. The van der Waals surface area contributed by atoms with Crippen LogP contribution in [0, 0.1) is 0 Å². The Kier molecular flexibility index (Phi) is 19.3. The van der Waals surface area contributed by atoms with Gasteiger partial charge in [-0.15, -0.1) is 0 Å². The van der Waals surface area contributed by atoms with Gasteiger partial charge in [-0.25, -0.2) is 0 Å². The standard InChI is InChI=1S/C22H33N3O9/c23-25-24-6-8-29-10-12-31-14-16-33-18-17-32-15-13-30-11-9-28-7-5-22(27)34-21-3-1-20(19-26)2-4-21/h1-4,19H,5-18H2. The van der Waals surface area contributed by atoms with Gasteiger partial charge < -0.3 is 33.2 Å². The van der Waals surface area contributed by atoms with E-state index in [1.807, 2.05) is 0 Å². The summed E-state index contributed by atoms with van der Waals surface area (Å²) in [6.45, 7) is 5.34. The van der Waals surface area contributed by atoms with E-state index in [-0.39, 0.29) is 13.0 Å². The molecule has 12 nitrogen and oxygen atoms in total. The minimum absolute atomic E-state index is 0.121. The molecule has 0 radical (unpaired) electrons. The molecule has 190 valence electrons. The van der Waals surface area contributed by atoms with E-state index in [0.29, 0.717) is 90.5 Å². The number of benzene rings is 1. The molecule has 0 saturated carbocycles. The smallest absolute Gasteiger partial charge is 0.313 e. The zero-order valence-corrected chi connectivity index (χ0v) is 19.3. The average Bonchev–Trinajstić information content (AvgIpc) is 2.85. The molecule has 0 aliphatic rings. The van der Waals surface area contributed by atoms with E-state index in [4.69, 9.17) is 38.7 Å². The van der Waals surface area contributed by atoms with Crippen LogP contribution in [0.4, 0.5) is 0 Å². The highest BCUT2D eigenvalue weighted by atomic mass is 16.6. The Labute approximate surface area is 199 Å². The molecule has 0 aromatic heterocycles. The molecule has 1 aromatic carbocycles. The molecule has 0 atom stereocenters. The van der Waals surface area contributed by atoms with Gasteiger partial charge in [-0.3, -0.25) is 9.59 Å². The first-order valence-electron chi connectivity index (χ1n) is 11.0. The largest absolute Gasteiger partial charge is 0.426 e. The lowest BCUT2D eigenvalue weighted by Crippen LogP contribution is -2.15. The van der Waals surface area contributed by atoms with Crippen molar-refractivity contribution >= 4 is 12.3 Å². The zero-order valence-electron chi connectivity index (χ0n) is 19.3. The number of ether oxygens (including phenoxy) is 7. The van der Waals surface area contributed by atoms with Gasteiger partial charge in [0.1, 0.15) is 12.0 Å². The second kappa shape index (κ2) is 22.2. The van der Waals surface area contributed by atoms with E-state index >= 15 is 0 Å². The summed E-state index contributed by atoms with van der Waals surface area (Å²) in [5.74, 6) is -0.0191. The van der Waals surface area contributed by atoms with E-state index in [1.165, 1.54) is 0 Å². The predicted molar refractivity (Wildman–Crippen MR) is 121 cm³/mol. The van der Waals surface area contributed by atoms with Crippen LogP contribution in [0.1, 0.15) is 16.8 Å². The van der Waals surface area contributed by atoms with Crippen molar-refractivity contribution in [3.63, 3.8) is 0 Å². The Hall–Kier alpha value is -2.57. The van der Waals surface area contributed by atoms with Crippen molar-refractivity contribution in [2.75, 3.05) is 85.8 Å². The fraction of sp³-hybridized carbons (Fsp3) is 0.636. The van der Waals surface area contributed by atoms with Gasteiger partial charge in [0.05, 0.1) is 85.7 Å². The molecule has 0 aliphatic carbocycles. The molecule has 0 aliphatic heterocycles.